The van der Waals surface area contributed by atoms with Gasteiger partial charge in [0.15, 0.2) is 0 Å². The largest absolute Gasteiger partial charge is 0.481 e. The molecule has 0 spiro atoms. The highest BCUT2D eigenvalue weighted by atomic mass is 16.5. The van der Waals surface area contributed by atoms with Crippen LogP contribution in [0.25, 0.3) is 0 Å². The van der Waals surface area contributed by atoms with Crippen LogP contribution in [0.3, 0.4) is 0 Å². The van der Waals surface area contributed by atoms with Crippen molar-refractivity contribution in [2.75, 3.05) is 13.2 Å². The molecule has 6 nitrogen and oxygen atoms in total. The summed E-state index contributed by atoms with van der Waals surface area (Å²) in [4.78, 5) is 24.9. The summed E-state index contributed by atoms with van der Waals surface area (Å²) in [5, 5.41) is 11.8. The Morgan fingerprint density at radius 1 is 1.35 bits per heavy atom. The van der Waals surface area contributed by atoms with Crippen LogP contribution >= 0.6 is 0 Å². The Bertz CT molecular complexity index is 361. The third kappa shape index (κ3) is 3.85. The van der Waals surface area contributed by atoms with Crippen molar-refractivity contribution in [1.82, 2.24) is 10.2 Å². The lowest BCUT2D eigenvalue weighted by atomic mass is 9.98. The molecule has 2 saturated heterocycles. The molecule has 0 aromatic rings. The Hall–Kier alpha value is -1.30. The number of hydrogen-bond acceptors (Lipinski definition) is 3. The molecule has 2 N–H and O–H groups in total. The molecule has 2 aliphatic heterocycles. The van der Waals surface area contributed by atoms with Gasteiger partial charge in [0.1, 0.15) is 0 Å². The second-order valence-electron chi connectivity index (χ2n) is 5.70. The Morgan fingerprint density at radius 2 is 2.15 bits per heavy atom. The molecule has 3 unspecified atom stereocenters. The van der Waals surface area contributed by atoms with Gasteiger partial charge < -0.3 is 20.1 Å². The van der Waals surface area contributed by atoms with Crippen LogP contribution in [0.4, 0.5) is 4.79 Å². The second-order valence-corrected chi connectivity index (χ2v) is 5.70. The molecule has 2 aliphatic rings. The Morgan fingerprint density at radius 3 is 2.80 bits per heavy atom. The predicted molar refractivity (Wildman–Crippen MR) is 73.6 cm³/mol. The van der Waals surface area contributed by atoms with E-state index in [2.05, 4.69) is 5.32 Å². The summed E-state index contributed by atoms with van der Waals surface area (Å²) in [7, 11) is 0. The summed E-state index contributed by atoms with van der Waals surface area (Å²) < 4.78 is 5.45. The van der Waals surface area contributed by atoms with Crippen molar-refractivity contribution in [1.29, 1.82) is 0 Å². The van der Waals surface area contributed by atoms with E-state index in [-0.39, 0.29) is 30.6 Å². The number of carboxylic acids is 1. The number of ether oxygens (including phenoxy) is 1. The van der Waals surface area contributed by atoms with E-state index in [9.17, 15) is 9.59 Å². The quantitative estimate of drug-likeness (QED) is 0.821. The Labute approximate surface area is 119 Å². The van der Waals surface area contributed by atoms with Gasteiger partial charge >= 0.3 is 12.0 Å². The lowest BCUT2D eigenvalue weighted by Gasteiger charge is -2.36. The van der Waals surface area contributed by atoms with Crippen molar-refractivity contribution in [2.24, 2.45) is 0 Å². The molecule has 0 radical (unpaired) electrons. The van der Waals surface area contributed by atoms with Crippen LogP contribution in [-0.2, 0) is 9.53 Å². The minimum absolute atomic E-state index is 0.0532. The number of likely N-dealkylation sites (tertiary alicyclic amines) is 1. The van der Waals surface area contributed by atoms with Gasteiger partial charge in [-0.25, -0.2) is 4.79 Å². The van der Waals surface area contributed by atoms with Gasteiger partial charge in [-0.1, -0.05) is 0 Å². The molecule has 2 amide bonds. The van der Waals surface area contributed by atoms with E-state index in [4.69, 9.17) is 9.84 Å². The first kappa shape index (κ1) is 15.1. The molecule has 0 saturated carbocycles. The molecule has 2 heterocycles. The standard InChI is InChI=1S/C14H24N2O4/c1-10-12(7-9-20-10)15-14(19)16-8-3-2-4-11(16)5-6-13(17)18/h10-12H,2-9H2,1H3,(H,15,19)(H,17,18). The number of nitrogens with one attached hydrogen (secondary N) is 1. The molecular weight excluding hydrogens is 260 g/mol. The molecule has 6 heteroatoms. The van der Waals surface area contributed by atoms with Gasteiger partial charge in [0, 0.05) is 25.6 Å². The van der Waals surface area contributed by atoms with Crippen molar-refractivity contribution < 1.29 is 19.4 Å². The SMILES string of the molecule is CC1OCCC1NC(=O)N1CCCCC1CCC(=O)O. The maximum atomic E-state index is 12.4. The molecule has 0 aromatic carbocycles. The van der Waals surface area contributed by atoms with Crippen LogP contribution in [0.5, 0.6) is 0 Å². The van der Waals surface area contributed by atoms with E-state index in [1.165, 1.54) is 0 Å². The van der Waals surface area contributed by atoms with E-state index in [0.717, 1.165) is 32.2 Å². The normalized spacial score (nSPS) is 30.2. The first-order valence-electron chi connectivity index (χ1n) is 7.48. The zero-order valence-corrected chi connectivity index (χ0v) is 12.0. The highest BCUT2D eigenvalue weighted by Crippen LogP contribution is 2.22. The summed E-state index contributed by atoms with van der Waals surface area (Å²) in [6.07, 6.45) is 4.53. The first-order valence-corrected chi connectivity index (χ1v) is 7.48. The number of rotatable bonds is 4. The number of carbonyl (C=O) groups is 2. The van der Waals surface area contributed by atoms with Crippen LogP contribution in [0, 0.1) is 0 Å². The van der Waals surface area contributed by atoms with Crippen LogP contribution in [0.15, 0.2) is 0 Å². The van der Waals surface area contributed by atoms with Gasteiger partial charge in [-0.05, 0) is 39.0 Å². The summed E-state index contributed by atoms with van der Waals surface area (Å²) in [5.74, 6) is -0.797. The number of nitrogens with zero attached hydrogens (tertiary/aromatic N) is 1. The number of urea groups is 1. The lowest BCUT2D eigenvalue weighted by Crippen LogP contribution is -2.52. The molecule has 2 rings (SSSR count). The highest BCUT2D eigenvalue weighted by molar-refractivity contribution is 5.75. The number of carboxylic acid groups (broad SMARTS) is 1. The number of amides is 2. The van der Waals surface area contributed by atoms with Crippen molar-refractivity contribution in [2.45, 2.75) is 63.6 Å². The number of carbonyl (C=O) groups excluding carboxylic acids is 1. The van der Waals surface area contributed by atoms with Crippen LogP contribution < -0.4 is 5.32 Å². The Kier molecular flexibility index (Phi) is 5.23. The Balaban J connectivity index is 1.89. The van der Waals surface area contributed by atoms with Crippen LogP contribution in [0.1, 0.15) is 45.4 Å². The molecule has 0 bridgehead atoms. The van der Waals surface area contributed by atoms with Crippen molar-refractivity contribution >= 4 is 12.0 Å². The van der Waals surface area contributed by atoms with Crippen molar-refractivity contribution in [3.63, 3.8) is 0 Å². The monoisotopic (exact) mass is 284 g/mol. The zero-order chi connectivity index (χ0) is 14.5. The average molecular weight is 284 g/mol. The van der Waals surface area contributed by atoms with Crippen LogP contribution in [0.2, 0.25) is 0 Å². The molecule has 114 valence electrons. The van der Waals surface area contributed by atoms with E-state index in [1.54, 1.807) is 0 Å². The number of aliphatic carboxylic acids is 1. The van der Waals surface area contributed by atoms with Gasteiger partial charge in [-0.3, -0.25) is 4.79 Å². The highest BCUT2D eigenvalue weighted by Gasteiger charge is 2.31. The maximum absolute atomic E-state index is 12.4. The minimum atomic E-state index is -0.797. The maximum Gasteiger partial charge on any atom is 0.317 e. The minimum Gasteiger partial charge on any atom is -0.481 e. The molecule has 3 atom stereocenters. The molecule has 0 aliphatic carbocycles. The third-order valence-electron chi connectivity index (χ3n) is 4.26. The number of hydrogen-bond donors (Lipinski definition) is 2. The molecular formula is C14H24N2O4. The smallest absolute Gasteiger partial charge is 0.317 e. The van der Waals surface area contributed by atoms with Gasteiger partial charge in [0.25, 0.3) is 0 Å². The predicted octanol–water partition coefficient (Wildman–Crippen LogP) is 1.59. The van der Waals surface area contributed by atoms with Crippen LogP contribution in [-0.4, -0.2) is 53.3 Å². The van der Waals surface area contributed by atoms with Gasteiger partial charge in [-0.2, -0.15) is 0 Å². The fourth-order valence-electron chi connectivity index (χ4n) is 3.02. The first-order chi connectivity index (χ1) is 9.58. The van der Waals surface area contributed by atoms with E-state index in [1.807, 2.05) is 11.8 Å². The summed E-state index contributed by atoms with van der Waals surface area (Å²) >= 11 is 0. The summed E-state index contributed by atoms with van der Waals surface area (Å²) in [6.45, 7) is 3.38. The third-order valence-corrected chi connectivity index (χ3v) is 4.26. The van der Waals surface area contributed by atoms with Crippen molar-refractivity contribution in [3.8, 4) is 0 Å². The van der Waals surface area contributed by atoms with Gasteiger partial charge in [0.2, 0.25) is 0 Å². The molecule has 20 heavy (non-hydrogen) atoms. The molecule has 2 fully saturated rings. The number of piperidine rings is 1. The zero-order valence-electron chi connectivity index (χ0n) is 12.0. The van der Waals surface area contributed by atoms with Gasteiger partial charge in [0.05, 0.1) is 12.1 Å². The van der Waals surface area contributed by atoms with E-state index in [0.29, 0.717) is 13.0 Å². The second kappa shape index (κ2) is 6.92. The van der Waals surface area contributed by atoms with E-state index >= 15 is 0 Å². The fraction of sp³-hybridized carbons (Fsp3) is 0.857. The van der Waals surface area contributed by atoms with E-state index < -0.39 is 5.97 Å². The lowest BCUT2D eigenvalue weighted by molar-refractivity contribution is -0.137. The molecule has 0 aromatic heterocycles. The van der Waals surface area contributed by atoms with Gasteiger partial charge in [-0.15, -0.1) is 0 Å². The summed E-state index contributed by atoms with van der Waals surface area (Å²) in [5.41, 5.74) is 0. The average Bonchev–Trinajstić information content (AvgIpc) is 2.82. The fourth-order valence-corrected chi connectivity index (χ4v) is 3.02. The van der Waals surface area contributed by atoms with Crippen molar-refractivity contribution in [3.05, 3.63) is 0 Å². The topological polar surface area (TPSA) is 78.9 Å². The summed E-state index contributed by atoms with van der Waals surface area (Å²) in [6, 6.07) is 0.0597.